The molecule has 2 heterocycles. The highest BCUT2D eigenvalue weighted by Crippen LogP contribution is 2.39. The lowest BCUT2D eigenvalue weighted by Crippen LogP contribution is -2.23. The van der Waals surface area contributed by atoms with Gasteiger partial charge in [0.2, 0.25) is 0 Å². The first-order valence-electron chi connectivity index (χ1n) is 10.6. The topological polar surface area (TPSA) is 74.8 Å². The Bertz CT molecular complexity index is 1390. The van der Waals surface area contributed by atoms with Gasteiger partial charge in [-0.2, -0.15) is 22.5 Å². The minimum atomic E-state index is -4.63. The van der Waals surface area contributed by atoms with Crippen molar-refractivity contribution in [1.82, 2.24) is 24.8 Å². The number of rotatable bonds is 6. The van der Waals surface area contributed by atoms with Crippen molar-refractivity contribution in [3.05, 3.63) is 87.5 Å². The molecule has 0 atom stereocenters. The summed E-state index contributed by atoms with van der Waals surface area (Å²) >= 11 is 0. The second-order valence-electron chi connectivity index (χ2n) is 7.73. The number of alkyl halides is 3. The molecule has 2 aromatic carbocycles. The van der Waals surface area contributed by atoms with Crippen molar-refractivity contribution in [1.29, 1.82) is 0 Å². The summed E-state index contributed by atoms with van der Waals surface area (Å²) in [7, 11) is 1.46. The van der Waals surface area contributed by atoms with Crippen LogP contribution in [0.25, 0.3) is 16.9 Å². The molecule has 0 amide bonds. The molecule has 0 aliphatic heterocycles. The summed E-state index contributed by atoms with van der Waals surface area (Å²) in [5, 5.41) is 7.58. The van der Waals surface area contributed by atoms with E-state index in [4.69, 9.17) is 4.74 Å². The lowest BCUT2D eigenvalue weighted by Gasteiger charge is -2.18. The van der Waals surface area contributed by atoms with E-state index < -0.39 is 17.4 Å². The minimum absolute atomic E-state index is 0.187. The van der Waals surface area contributed by atoms with E-state index >= 15 is 0 Å². The maximum absolute atomic E-state index is 13.9. The van der Waals surface area contributed by atoms with Crippen LogP contribution in [-0.2, 0) is 26.3 Å². The fraction of sp³-hybridized carbons (Fsp3) is 0.250. The molecule has 0 aliphatic rings. The summed E-state index contributed by atoms with van der Waals surface area (Å²) in [6.07, 6.45) is -4.05. The zero-order chi connectivity index (χ0) is 24.5. The molecule has 0 unspecified atom stereocenters. The average Bonchev–Trinajstić information content (AvgIpc) is 3.14. The fourth-order valence-corrected chi connectivity index (χ4v) is 3.67. The van der Waals surface area contributed by atoms with Crippen molar-refractivity contribution in [2.45, 2.75) is 33.1 Å². The Balaban J connectivity index is 1.73. The number of aromatic nitrogens is 5. The molecule has 0 fully saturated rings. The van der Waals surface area contributed by atoms with Crippen LogP contribution in [0, 0.1) is 6.92 Å². The maximum atomic E-state index is 13.9. The Morgan fingerprint density at radius 3 is 2.44 bits per heavy atom. The van der Waals surface area contributed by atoms with Crippen LogP contribution in [0.3, 0.4) is 0 Å². The zero-order valence-electron chi connectivity index (χ0n) is 18.8. The molecule has 2 aromatic heterocycles. The molecule has 0 saturated heterocycles. The summed E-state index contributed by atoms with van der Waals surface area (Å²) in [5.74, 6) is -0.313. The molecule has 0 saturated carbocycles. The maximum Gasteiger partial charge on any atom is 0.419 e. The van der Waals surface area contributed by atoms with Gasteiger partial charge in [0, 0.05) is 23.9 Å². The number of pyridine rings is 1. The third-order valence-corrected chi connectivity index (χ3v) is 5.42. The lowest BCUT2D eigenvalue weighted by atomic mass is 10.0. The molecule has 4 aromatic rings. The van der Waals surface area contributed by atoms with Gasteiger partial charge in [0.1, 0.15) is 12.4 Å². The summed E-state index contributed by atoms with van der Waals surface area (Å²) < 4.78 is 49.7. The van der Waals surface area contributed by atoms with Crippen LogP contribution in [0.5, 0.6) is 5.75 Å². The van der Waals surface area contributed by atoms with Crippen LogP contribution in [0.15, 0.2) is 59.4 Å². The van der Waals surface area contributed by atoms with E-state index in [9.17, 15) is 18.0 Å². The van der Waals surface area contributed by atoms with Gasteiger partial charge in [0.15, 0.2) is 0 Å². The molecule has 0 aliphatic carbocycles. The first-order valence-corrected chi connectivity index (χ1v) is 10.6. The van der Waals surface area contributed by atoms with Crippen molar-refractivity contribution >= 4 is 0 Å². The lowest BCUT2D eigenvalue weighted by molar-refractivity contribution is -0.139. The number of tetrazole rings is 1. The van der Waals surface area contributed by atoms with E-state index in [1.165, 1.54) is 13.1 Å². The molecule has 10 heteroatoms. The monoisotopic (exact) mass is 469 g/mol. The van der Waals surface area contributed by atoms with Gasteiger partial charge in [-0.05, 0) is 65.7 Å². The number of nitrogens with zero attached hydrogens (tertiary/aromatic N) is 5. The first kappa shape index (κ1) is 23.2. The second-order valence-corrected chi connectivity index (χ2v) is 7.73. The third kappa shape index (κ3) is 4.57. The van der Waals surface area contributed by atoms with Crippen molar-refractivity contribution in [2.75, 3.05) is 0 Å². The average molecular weight is 469 g/mol. The standard InChI is InChI=1S/C24H22F3N5O2/c1-4-16-8-6-10-21(32-23(33)31(3)29-30-32)18(16)14-34-22-12-11-17(13-19(22)24(25,26)27)20-9-5-7-15(2)28-20/h5-13H,4,14H2,1-3H3. The van der Waals surface area contributed by atoms with Crippen LogP contribution in [0.2, 0.25) is 0 Å². The van der Waals surface area contributed by atoms with Crippen molar-refractivity contribution in [3.8, 4) is 22.7 Å². The van der Waals surface area contributed by atoms with Gasteiger partial charge in [0.25, 0.3) is 0 Å². The van der Waals surface area contributed by atoms with E-state index in [1.807, 2.05) is 13.0 Å². The van der Waals surface area contributed by atoms with Crippen molar-refractivity contribution in [3.63, 3.8) is 0 Å². The fourth-order valence-electron chi connectivity index (χ4n) is 3.67. The van der Waals surface area contributed by atoms with E-state index in [2.05, 4.69) is 15.4 Å². The number of aryl methyl sites for hydroxylation is 3. The van der Waals surface area contributed by atoms with Crippen LogP contribution < -0.4 is 10.4 Å². The first-order chi connectivity index (χ1) is 16.2. The van der Waals surface area contributed by atoms with Crippen LogP contribution in [-0.4, -0.2) is 24.8 Å². The number of halogens is 3. The Morgan fingerprint density at radius 1 is 1.03 bits per heavy atom. The second kappa shape index (κ2) is 9.12. The smallest absolute Gasteiger partial charge is 0.419 e. The van der Waals surface area contributed by atoms with Gasteiger partial charge in [-0.1, -0.05) is 25.1 Å². The molecule has 176 valence electrons. The highest BCUT2D eigenvalue weighted by atomic mass is 19.4. The summed E-state index contributed by atoms with van der Waals surface area (Å²) in [6, 6.07) is 14.3. The van der Waals surface area contributed by atoms with Crippen molar-refractivity contribution < 1.29 is 17.9 Å². The largest absolute Gasteiger partial charge is 0.488 e. The molecular formula is C24H22F3N5O2. The molecular weight excluding hydrogens is 447 g/mol. The van der Waals surface area contributed by atoms with Crippen molar-refractivity contribution in [2.24, 2.45) is 7.05 Å². The number of benzene rings is 2. The van der Waals surface area contributed by atoms with E-state index in [-0.39, 0.29) is 12.4 Å². The predicted octanol–water partition coefficient (Wildman–Crippen LogP) is 4.50. The SMILES string of the molecule is CCc1cccc(-n2nnn(C)c2=O)c1COc1ccc(-c2cccc(C)n2)cc1C(F)(F)F. The highest BCUT2D eigenvalue weighted by molar-refractivity contribution is 5.62. The Hall–Kier alpha value is -3.95. The molecule has 0 bridgehead atoms. The van der Waals surface area contributed by atoms with Gasteiger partial charge in [-0.25, -0.2) is 4.79 Å². The van der Waals surface area contributed by atoms with Gasteiger partial charge in [0.05, 0.1) is 16.9 Å². The number of hydrogen-bond donors (Lipinski definition) is 0. The summed E-state index contributed by atoms with van der Waals surface area (Å²) in [6.45, 7) is 3.50. The van der Waals surface area contributed by atoms with E-state index in [1.54, 1.807) is 43.3 Å². The molecule has 0 N–H and O–H groups in total. The predicted molar refractivity (Wildman–Crippen MR) is 120 cm³/mol. The minimum Gasteiger partial charge on any atom is -0.488 e. The molecule has 4 rings (SSSR count). The molecule has 0 spiro atoms. The highest BCUT2D eigenvalue weighted by Gasteiger charge is 2.35. The van der Waals surface area contributed by atoms with Crippen LogP contribution in [0.4, 0.5) is 13.2 Å². The van der Waals surface area contributed by atoms with Crippen LogP contribution in [0.1, 0.15) is 29.3 Å². The molecule has 7 nitrogen and oxygen atoms in total. The number of hydrogen-bond acceptors (Lipinski definition) is 5. The molecule has 34 heavy (non-hydrogen) atoms. The normalized spacial score (nSPS) is 11.6. The number of ether oxygens (including phenoxy) is 1. The molecule has 0 radical (unpaired) electrons. The Kier molecular flexibility index (Phi) is 6.23. The van der Waals surface area contributed by atoms with Gasteiger partial charge in [-0.3, -0.25) is 4.98 Å². The quantitative estimate of drug-likeness (QED) is 0.416. The van der Waals surface area contributed by atoms with Gasteiger partial charge < -0.3 is 4.74 Å². The van der Waals surface area contributed by atoms with E-state index in [0.29, 0.717) is 34.6 Å². The van der Waals surface area contributed by atoms with E-state index in [0.717, 1.165) is 21.0 Å². The Morgan fingerprint density at radius 2 is 1.79 bits per heavy atom. The van der Waals surface area contributed by atoms with Gasteiger partial charge in [-0.15, -0.1) is 0 Å². The summed E-state index contributed by atoms with van der Waals surface area (Å²) in [5.41, 5.74) is 1.90. The Labute approximate surface area is 193 Å². The van der Waals surface area contributed by atoms with Crippen LogP contribution >= 0.6 is 0 Å². The summed E-state index contributed by atoms with van der Waals surface area (Å²) in [4.78, 5) is 16.7. The third-order valence-electron chi connectivity index (χ3n) is 5.42. The zero-order valence-corrected chi connectivity index (χ0v) is 18.8. The van der Waals surface area contributed by atoms with Gasteiger partial charge >= 0.3 is 11.9 Å².